The van der Waals surface area contributed by atoms with Gasteiger partial charge in [-0.3, -0.25) is 0 Å². The van der Waals surface area contributed by atoms with E-state index in [0.717, 1.165) is 11.6 Å². The highest BCUT2D eigenvalue weighted by atomic mass is 32.2. The van der Waals surface area contributed by atoms with Crippen molar-refractivity contribution in [3.05, 3.63) is 77.9 Å². The Labute approximate surface area is 171 Å². The van der Waals surface area contributed by atoms with Gasteiger partial charge in [-0.05, 0) is 54.8 Å². The Morgan fingerprint density at radius 2 is 1.24 bits per heavy atom. The van der Waals surface area contributed by atoms with E-state index in [1.165, 1.54) is 30.3 Å². The van der Waals surface area contributed by atoms with Gasteiger partial charge in [0.25, 0.3) is 0 Å². The Hall–Kier alpha value is -2.64. The van der Waals surface area contributed by atoms with Crippen LogP contribution < -0.4 is 0 Å². The van der Waals surface area contributed by atoms with E-state index in [9.17, 15) is 21.9 Å². The normalized spacial score (nSPS) is 12.3. The highest BCUT2D eigenvalue weighted by molar-refractivity contribution is 7.92. The van der Waals surface area contributed by atoms with Crippen LogP contribution in [0.5, 0.6) is 5.75 Å². The van der Waals surface area contributed by atoms with Gasteiger partial charge in [-0.2, -0.15) is 0 Å². The summed E-state index contributed by atoms with van der Waals surface area (Å²) in [6, 6.07) is 16.3. The Morgan fingerprint density at radius 3 is 1.79 bits per heavy atom. The molecule has 0 aromatic heterocycles. The van der Waals surface area contributed by atoms with Crippen molar-refractivity contribution in [2.75, 3.05) is 0 Å². The molecule has 3 aromatic carbocycles. The standard InChI is InChI=1S/C22H22O5S2/c1-15(2)19-13-20(23)22(29(26,27)17-7-5-4-6-8-17)14-21(19)28(24,25)18-11-9-16(3)10-12-18/h4-15,23H,1-3H3. The summed E-state index contributed by atoms with van der Waals surface area (Å²) in [5.41, 5.74) is 1.26. The predicted octanol–water partition coefficient (Wildman–Crippen LogP) is 4.49. The van der Waals surface area contributed by atoms with Gasteiger partial charge in [0.15, 0.2) is 0 Å². The quantitative estimate of drug-likeness (QED) is 0.644. The van der Waals surface area contributed by atoms with Gasteiger partial charge in [0.1, 0.15) is 10.6 Å². The molecular weight excluding hydrogens is 408 g/mol. The molecule has 0 bridgehead atoms. The van der Waals surface area contributed by atoms with Crippen molar-refractivity contribution in [1.29, 1.82) is 0 Å². The SMILES string of the molecule is Cc1ccc(S(=O)(=O)c2cc(S(=O)(=O)c3ccccc3)c(O)cc2C(C)C)cc1. The van der Waals surface area contributed by atoms with E-state index in [1.807, 2.05) is 6.92 Å². The summed E-state index contributed by atoms with van der Waals surface area (Å²) in [6.45, 7) is 5.42. The Morgan fingerprint density at radius 1 is 0.724 bits per heavy atom. The topological polar surface area (TPSA) is 88.5 Å². The van der Waals surface area contributed by atoms with Crippen LogP contribution >= 0.6 is 0 Å². The largest absolute Gasteiger partial charge is 0.507 e. The van der Waals surface area contributed by atoms with Crippen LogP contribution in [-0.2, 0) is 19.7 Å². The molecule has 3 aromatic rings. The lowest BCUT2D eigenvalue weighted by Gasteiger charge is -2.17. The van der Waals surface area contributed by atoms with Gasteiger partial charge in [0.05, 0.1) is 14.7 Å². The molecule has 0 fully saturated rings. The molecule has 0 saturated heterocycles. The number of aryl methyl sites for hydroxylation is 1. The molecule has 152 valence electrons. The van der Waals surface area contributed by atoms with Crippen LogP contribution in [0, 0.1) is 6.92 Å². The molecule has 0 atom stereocenters. The van der Waals surface area contributed by atoms with Crippen LogP contribution in [0.3, 0.4) is 0 Å². The minimum Gasteiger partial charge on any atom is -0.507 e. The summed E-state index contributed by atoms with van der Waals surface area (Å²) in [4.78, 5) is -0.507. The highest BCUT2D eigenvalue weighted by Crippen LogP contribution is 2.37. The van der Waals surface area contributed by atoms with Crippen molar-refractivity contribution in [3.8, 4) is 5.75 Å². The van der Waals surface area contributed by atoms with Crippen molar-refractivity contribution in [2.24, 2.45) is 0 Å². The number of benzene rings is 3. The zero-order valence-electron chi connectivity index (χ0n) is 16.3. The number of sulfone groups is 2. The number of phenolic OH excluding ortho intramolecular Hbond substituents is 1. The van der Waals surface area contributed by atoms with Gasteiger partial charge in [0, 0.05) is 0 Å². The molecule has 0 aliphatic carbocycles. The van der Waals surface area contributed by atoms with Crippen molar-refractivity contribution in [3.63, 3.8) is 0 Å². The summed E-state index contributed by atoms with van der Waals surface area (Å²) in [6.07, 6.45) is 0. The third kappa shape index (κ3) is 3.93. The van der Waals surface area contributed by atoms with E-state index in [2.05, 4.69) is 0 Å². The maximum absolute atomic E-state index is 13.3. The van der Waals surface area contributed by atoms with E-state index in [0.29, 0.717) is 5.56 Å². The lowest BCUT2D eigenvalue weighted by Crippen LogP contribution is -2.10. The van der Waals surface area contributed by atoms with Gasteiger partial charge in [-0.15, -0.1) is 0 Å². The summed E-state index contributed by atoms with van der Waals surface area (Å²) >= 11 is 0. The fourth-order valence-corrected chi connectivity index (χ4v) is 6.11. The molecule has 0 heterocycles. The van der Waals surface area contributed by atoms with Gasteiger partial charge in [0.2, 0.25) is 19.7 Å². The van der Waals surface area contributed by atoms with Crippen LogP contribution in [0.2, 0.25) is 0 Å². The predicted molar refractivity (Wildman–Crippen MR) is 111 cm³/mol. The molecule has 0 spiro atoms. The Balaban J connectivity index is 2.30. The van der Waals surface area contributed by atoms with Gasteiger partial charge >= 0.3 is 0 Å². The van der Waals surface area contributed by atoms with Crippen LogP contribution in [0.1, 0.15) is 30.9 Å². The molecular formula is C22H22O5S2. The maximum Gasteiger partial charge on any atom is 0.210 e. The molecule has 3 rings (SSSR count). The number of aromatic hydroxyl groups is 1. The van der Waals surface area contributed by atoms with Gasteiger partial charge in [-0.25, -0.2) is 16.8 Å². The molecule has 0 amide bonds. The Bertz CT molecular complexity index is 1240. The molecule has 7 heteroatoms. The van der Waals surface area contributed by atoms with Crippen molar-refractivity contribution < 1.29 is 21.9 Å². The first-order valence-electron chi connectivity index (χ1n) is 9.04. The summed E-state index contributed by atoms with van der Waals surface area (Å²) in [5.74, 6) is -0.718. The number of phenols is 1. The van der Waals surface area contributed by atoms with E-state index in [-0.39, 0.29) is 20.6 Å². The summed E-state index contributed by atoms with van der Waals surface area (Å²) in [7, 11) is -8.09. The van der Waals surface area contributed by atoms with Crippen LogP contribution in [-0.4, -0.2) is 21.9 Å². The summed E-state index contributed by atoms with van der Waals surface area (Å²) < 4.78 is 52.7. The zero-order valence-corrected chi connectivity index (χ0v) is 18.0. The summed E-state index contributed by atoms with van der Waals surface area (Å²) in [5, 5.41) is 10.5. The lowest BCUT2D eigenvalue weighted by atomic mass is 10.0. The first-order valence-corrected chi connectivity index (χ1v) is 12.0. The fourth-order valence-electron chi connectivity index (χ4n) is 3.04. The van der Waals surface area contributed by atoms with Gasteiger partial charge < -0.3 is 5.11 Å². The molecule has 29 heavy (non-hydrogen) atoms. The second kappa shape index (κ2) is 7.65. The molecule has 0 unspecified atom stereocenters. The smallest absolute Gasteiger partial charge is 0.210 e. The molecule has 5 nitrogen and oxygen atoms in total. The van der Waals surface area contributed by atoms with Crippen molar-refractivity contribution >= 4 is 19.7 Å². The average Bonchev–Trinajstić information content (AvgIpc) is 2.68. The highest BCUT2D eigenvalue weighted by Gasteiger charge is 2.29. The first kappa shape index (κ1) is 21.1. The minimum atomic E-state index is -4.10. The van der Waals surface area contributed by atoms with Crippen LogP contribution in [0.25, 0.3) is 0 Å². The number of rotatable bonds is 5. The van der Waals surface area contributed by atoms with E-state index >= 15 is 0 Å². The monoisotopic (exact) mass is 430 g/mol. The molecule has 0 aliphatic heterocycles. The molecule has 0 saturated carbocycles. The van der Waals surface area contributed by atoms with Crippen molar-refractivity contribution in [1.82, 2.24) is 0 Å². The molecule has 0 radical (unpaired) electrons. The maximum atomic E-state index is 13.3. The van der Waals surface area contributed by atoms with Crippen molar-refractivity contribution in [2.45, 2.75) is 46.3 Å². The number of hydrogen-bond acceptors (Lipinski definition) is 5. The Kier molecular flexibility index (Phi) is 5.56. The second-order valence-electron chi connectivity index (χ2n) is 7.15. The fraction of sp³-hybridized carbons (Fsp3) is 0.182. The van der Waals surface area contributed by atoms with Gasteiger partial charge in [-0.1, -0.05) is 49.7 Å². The third-order valence-electron chi connectivity index (χ3n) is 4.68. The first-order chi connectivity index (χ1) is 13.5. The molecule has 1 N–H and O–H groups in total. The number of hydrogen-bond donors (Lipinski definition) is 1. The van der Waals surface area contributed by atoms with Crippen LogP contribution in [0.15, 0.2) is 86.3 Å². The minimum absolute atomic E-state index is 0.0220. The second-order valence-corrected chi connectivity index (χ2v) is 11.0. The van der Waals surface area contributed by atoms with E-state index in [4.69, 9.17) is 0 Å². The molecule has 0 aliphatic rings. The van der Waals surface area contributed by atoms with Crippen LogP contribution in [0.4, 0.5) is 0 Å². The van der Waals surface area contributed by atoms with E-state index in [1.54, 1.807) is 44.2 Å². The average molecular weight is 431 g/mol. The lowest BCUT2D eigenvalue weighted by molar-refractivity contribution is 0.456. The third-order valence-corrected chi connectivity index (χ3v) is 8.30. The zero-order chi connectivity index (χ0) is 21.4. The van der Waals surface area contributed by atoms with E-state index < -0.39 is 30.3 Å².